The van der Waals surface area contributed by atoms with Crippen LogP contribution < -0.4 is 75.8 Å². The first kappa shape index (κ1) is 69.4. The molecule has 0 fully saturated rings. The Morgan fingerprint density at radius 2 is 0.382 bits per heavy atom. The second kappa shape index (κ2) is 27.9. The van der Waals surface area contributed by atoms with E-state index in [1.807, 2.05) is 0 Å². The normalized spacial score (nSPS) is 18.5. The zero-order valence-corrected chi connectivity index (χ0v) is 67.1. The SMILES string of the molecule is CCC1(CC)COc2c(-c3ccc(-c4sc(-c5sc(-c6sc(-c7sc(SC)c8c7OCCO8)c7c6OCCO7)c6c5OCC(CC)(CC)CO6)c5c4OCC(CC)(CC)CO5)cc3)sc(-c3sc(-c4sc(-c5sc(SC)c6c5OCCO6)c5c4OCCO5)c4c3OCC(CC)(CC)CO4)c2OC1. The van der Waals surface area contributed by atoms with E-state index in [1.54, 1.807) is 114 Å². The summed E-state index contributed by atoms with van der Waals surface area (Å²) in [5.41, 5.74) is 1.16. The molecule has 8 aromatic heterocycles. The summed E-state index contributed by atoms with van der Waals surface area (Å²) >= 11 is 16.6. The highest BCUT2D eigenvalue weighted by atomic mass is 32.2. The van der Waals surface area contributed by atoms with Crippen LogP contribution in [0.2, 0.25) is 0 Å². The highest BCUT2D eigenvalue weighted by Crippen LogP contribution is 2.70. The topological polar surface area (TPSA) is 148 Å². The molecular formula is C76H82O16S10. The van der Waals surface area contributed by atoms with E-state index in [1.165, 1.54) is 0 Å². The highest BCUT2D eigenvalue weighted by molar-refractivity contribution is 8.01. The van der Waals surface area contributed by atoms with Gasteiger partial charge in [-0.25, -0.2) is 0 Å². The molecule has 0 N–H and O–H groups in total. The third kappa shape index (κ3) is 11.4. The monoisotopic (exact) mass is 1570 g/mol. The van der Waals surface area contributed by atoms with Crippen LogP contribution >= 0.6 is 114 Å². The van der Waals surface area contributed by atoms with Crippen LogP contribution in [-0.4, -0.2) is 118 Å². The molecule has 0 aliphatic carbocycles. The average Bonchev–Trinajstić information content (AvgIpc) is 1.58. The van der Waals surface area contributed by atoms with Crippen molar-refractivity contribution < 1.29 is 75.8 Å². The van der Waals surface area contributed by atoms with Crippen molar-refractivity contribution in [3.05, 3.63) is 24.3 Å². The van der Waals surface area contributed by atoms with E-state index in [2.05, 4.69) is 92.2 Å². The Morgan fingerprint density at radius 3 is 0.578 bits per heavy atom. The Labute approximate surface area is 635 Å². The Kier molecular flexibility index (Phi) is 19.0. The van der Waals surface area contributed by atoms with Gasteiger partial charge in [-0.1, -0.05) is 79.7 Å². The maximum Gasteiger partial charge on any atom is 0.186 e. The van der Waals surface area contributed by atoms with Crippen LogP contribution in [0.25, 0.3) is 79.4 Å². The van der Waals surface area contributed by atoms with Crippen molar-refractivity contribution in [3.8, 4) is 171 Å². The molecule has 26 heteroatoms. The van der Waals surface area contributed by atoms with Gasteiger partial charge in [-0.15, -0.1) is 114 Å². The summed E-state index contributed by atoms with van der Waals surface area (Å²) in [5, 5.41) is 0. The van der Waals surface area contributed by atoms with Gasteiger partial charge < -0.3 is 75.8 Å². The largest absolute Gasteiger partial charge is 0.487 e. The van der Waals surface area contributed by atoms with Crippen LogP contribution in [0.3, 0.4) is 0 Å². The van der Waals surface area contributed by atoms with Crippen molar-refractivity contribution in [2.45, 2.75) is 115 Å². The number of ether oxygens (including phenoxy) is 16. The predicted molar refractivity (Wildman–Crippen MR) is 416 cm³/mol. The number of hydrogen-bond donors (Lipinski definition) is 0. The van der Waals surface area contributed by atoms with E-state index in [4.69, 9.17) is 75.8 Å². The summed E-state index contributed by atoms with van der Waals surface area (Å²) in [6, 6.07) is 8.88. The first-order valence-corrected chi connectivity index (χ1v) is 44.5. The van der Waals surface area contributed by atoms with E-state index in [0.29, 0.717) is 163 Å². The molecule has 0 atom stereocenters. The molecule has 16 heterocycles. The van der Waals surface area contributed by atoms with Crippen LogP contribution in [0.15, 0.2) is 32.7 Å². The molecule has 8 aliphatic heterocycles. The molecule has 9 aromatic rings. The van der Waals surface area contributed by atoms with Crippen molar-refractivity contribution >= 4 is 114 Å². The van der Waals surface area contributed by atoms with Gasteiger partial charge in [0.25, 0.3) is 0 Å². The second-order valence-electron chi connectivity index (χ2n) is 27.2. The van der Waals surface area contributed by atoms with E-state index < -0.39 is 0 Å². The zero-order chi connectivity index (χ0) is 69.8. The zero-order valence-electron chi connectivity index (χ0n) is 58.9. The lowest BCUT2D eigenvalue weighted by Gasteiger charge is -2.28. The molecule has 8 aliphatic rings. The minimum atomic E-state index is -0.208. The number of fused-ring (bicyclic) bond motifs is 8. The average molecular weight is 1570 g/mol. The first-order chi connectivity index (χ1) is 49.9. The van der Waals surface area contributed by atoms with Gasteiger partial charge in [-0.2, -0.15) is 0 Å². The van der Waals surface area contributed by atoms with Gasteiger partial charge in [0.1, 0.15) is 61.3 Å². The molecule has 0 saturated heterocycles. The lowest BCUT2D eigenvalue weighted by molar-refractivity contribution is 0.0942. The first-order valence-electron chi connectivity index (χ1n) is 35.5. The maximum atomic E-state index is 7.25. The van der Waals surface area contributed by atoms with Crippen LogP contribution in [0.5, 0.6) is 92.0 Å². The molecule has 17 rings (SSSR count). The van der Waals surface area contributed by atoms with E-state index in [0.717, 1.165) is 174 Å². The van der Waals surface area contributed by atoms with Crippen molar-refractivity contribution in [3.63, 3.8) is 0 Å². The van der Waals surface area contributed by atoms with Gasteiger partial charge in [-0.05, 0) is 75.0 Å². The third-order valence-corrected chi connectivity index (χ3v) is 34.5. The van der Waals surface area contributed by atoms with E-state index >= 15 is 0 Å². The standard InChI is InChI=1S/C76H82O16S10/c1-11-73(12-2)31-85-41-47(87-33-73)63(67-51-49(89-35-75(15-5,16-6)37-91-51)65(99-67)59-43-45(79-25-23-77-43)61(97-59)69-53-55(71(93-9)101-69)83-29-27-81-53)95-57(41)39-19-21-40(22-20-39)58-42-48(88-34-74(13-3,14-4)32-86-42)64(96-58)68-52-50(90-36-76(17-7,18-8)38-92-52)66(100-68)60-44-46(80-26-24-78-44)62(98-60)70-54-56(72(94-10)102-70)84-30-28-82-54/h19-22H,11-18,23-38H2,1-10H3. The quantitative estimate of drug-likeness (QED) is 0.0749. The summed E-state index contributed by atoms with van der Waals surface area (Å²) in [6.07, 6.45) is 11.3. The molecule has 16 nitrogen and oxygen atoms in total. The summed E-state index contributed by atoms with van der Waals surface area (Å²) in [6.45, 7) is 25.5. The Bertz CT molecular complexity index is 4340. The van der Waals surface area contributed by atoms with Crippen LogP contribution in [0, 0.1) is 21.7 Å². The molecule has 0 radical (unpaired) electrons. The number of thioether (sulfide) groups is 2. The van der Waals surface area contributed by atoms with E-state index in [-0.39, 0.29) is 21.7 Å². The van der Waals surface area contributed by atoms with Crippen molar-refractivity contribution in [2.75, 3.05) is 118 Å². The molecule has 0 unspecified atom stereocenters. The van der Waals surface area contributed by atoms with Crippen molar-refractivity contribution in [2.24, 2.45) is 21.7 Å². The maximum absolute atomic E-state index is 7.25. The molecule has 0 saturated carbocycles. The van der Waals surface area contributed by atoms with Gasteiger partial charge >= 0.3 is 0 Å². The fourth-order valence-electron chi connectivity index (χ4n) is 14.2. The summed E-state index contributed by atoms with van der Waals surface area (Å²) in [5.74, 6) is 11.6. The fraction of sp³-hybridized carbons (Fsp3) is 0.500. The van der Waals surface area contributed by atoms with Gasteiger partial charge in [0.2, 0.25) is 0 Å². The highest BCUT2D eigenvalue weighted by Gasteiger charge is 2.46. The minimum Gasteiger partial charge on any atom is -0.487 e. The Hall–Kier alpha value is -5.68. The molecule has 0 amide bonds. The molecule has 0 bridgehead atoms. The van der Waals surface area contributed by atoms with Crippen LogP contribution in [0.1, 0.15) is 107 Å². The number of hydrogen-bond acceptors (Lipinski definition) is 26. The number of rotatable bonds is 18. The molecule has 542 valence electrons. The predicted octanol–water partition coefficient (Wildman–Crippen LogP) is 22.4. The van der Waals surface area contributed by atoms with Gasteiger partial charge in [0.05, 0.1) is 121 Å². The lowest BCUT2D eigenvalue weighted by Crippen LogP contribution is -2.32. The smallest absolute Gasteiger partial charge is 0.186 e. The Balaban J connectivity index is 0.801. The summed E-state index contributed by atoms with van der Waals surface area (Å²) in [4.78, 5) is 13.1. The van der Waals surface area contributed by atoms with Crippen molar-refractivity contribution in [1.29, 1.82) is 0 Å². The summed E-state index contributed by atoms with van der Waals surface area (Å²) in [7, 11) is 0. The lowest BCUT2D eigenvalue weighted by atomic mass is 9.84. The molecule has 102 heavy (non-hydrogen) atoms. The van der Waals surface area contributed by atoms with E-state index in [9.17, 15) is 0 Å². The molecule has 0 spiro atoms. The van der Waals surface area contributed by atoms with Gasteiger partial charge in [0.15, 0.2) is 92.0 Å². The number of benzene rings is 1. The van der Waals surface area contributed by atoms with Crippen LogP contribution in [0.4, 0.5) is 0 Å². The molecular weight excluding hydrogens is 1490 g/mol. The third-order valence-electron chi connectivity index (χ3n) is 22.0. The number of thiophene rings is 8. The van der Waals surface area contributed by atoms with Crippen LogP contribution in [-0.2, 0) is 0 Å². The minimum absolute atomic E-state index is 0.205. The summed E-state index contributed by atoms with van der Waals surface area (Å²) < 4.78 is 112. The van der Waals surface area contributed by atoms with Gasteiger partial charge in [0, 0.05) is 21.7 Å². The van der Waals surface area contributed by atoms with Gasteiger partial charge in [-0.3, -0.25) is 0 Å². The fourth-order valence-corrected chi connectivity index (χ4v) is 25.8. The molecule has 1 aromatic carbocycles. The Morgan fingerprint density at radius 1 is 0.225 bits per heavy atom. The van der Waals surface area contributed by atoms with Crippen molar-refractivity contribution in [1.82, 2.24) is 0 Å². The second-order valence-corrected chi connectivity index (χ2v) is 37.5.